The zero-order chi connectivity index (χ0) is 14.9. The topological polar surface area (TPSA) is 98.8 Å². The van der Waals surface area contributed by atoms with Crippen LogP contribution in [0.15, 0.2) is 24.3 Å². The molecule has 7 nitrogen and oxygen atoms in total. The molecule has 1 N–H and O–H groups in total. The number of urea groups is 1. The fourth-order valence-electron chi connectivity index (χ4n) is 2.09. The van der Waals surface area contributed by atoms with Crippen molar-refractivity contribution in [3.8, 4) is 5.75 Å². The molecule has 0 radical (unpaired) electrons. The lowest BCUT2D eigenvalue weighted by Gasteiger charge is -2.22. The summed E-state index contributed by atoms with van der Waals surface area (Å²) >= 11 is 0. The van der Waals surface area contributed by atoms with E-state index in [2.05, 4.69) is 5.32 Å². The van der Waals surface area contributed by atoms with Gasteiger partial charge < -0.3 is 20.0 Å². The van der Waals surface area contributed by atoms with Crippen molar-refractivity contribution in [2.75, 3.05) is 13.7 Å². The number of nitrogens with one attached hydrogen (secondary N) is 1. The van der Waals surface area contributed by atoms with Gasteiger partial charge in [0.2, 0.25) is 0 Å². The summed E-state index contributed by atoms with van der Waals surface area (Å²) in [4.78, 5) is 35.2. The number of carbonyl (C=O) groups is 3. The highest BCUT2D eigenvalue weighted by Crippen LogP contribution is 2.29. The molecule has 106 valence electrons. The molecule has 0 bridgehead atoms. The second-order valence-corrected chi connectivity index (χ2v) is 4.55. The van der Waals surface area contributed by atoms with Crippen molar-refractivity contribution in [2.24, 2.45) is 0 Å². The molecule has 2 rings (SSSR count). The number of hydrogen-bond acceptors (Lipinski definition) is 5. The van der Waals surface area contributed by atoms with Crippen molar-refractivity contribution >= 4 is 17.9 Å². The average Bonchev–Trinajstić information content (AvgIpc) is 2.63. The fourth-order valence-corrected chi connectivity index (χ4v) is 2.09. The van der Waals surface area contributed by atoms with E-state index in [1.165, 1.54) is 14.0 Å². The highest BCUT2D eigenvalue weighted by atomic mass is 16.5. The van der Waals surface area contributed by atoms with E-state index in [0.717, 1.165) is 0 Å². The van der Waals surface area contributed by atoms with Crippen LogP contribution < -0.4 is 15.2 Å². The Bertz CT molecular complexity index is 569. The Labute approximate surface area is 115 Å². The van der Waals surface area contributed by atoms with Crippen LogP contribution in [0, 0.1) is 0 Å². The van der Waals surface area contributed by atoms with Crippen LogP contribution in [0.4, 0.5) is 4.79 Å². The molecule has 0 spiro atoms. The van der Waals surface area contributed by atoms with Crippen molar-refractivity contribution in [1.29, 1.82) is 0 Å². The molecule has 3 amide bonds. The van der Waals surface area contributed by atoms with Crippen LogP contribution >= 0.6 is 0 Å². The number of hydrogen-bond donors (Lipinski definition) is 1. The third kappa shape index (κ3) is 2.18. The zero-order valence-corrected chi connectivity index (χ0v) is 11.0. The van der Waals surface area contributed by atoms with E-state index in [-0.39, 0.29) is 0 Å². The number of amides is 3. The Balaban J connectivity index is 2.32. The quantitative estimate of drug-likeness (QED) is 0.727. The van der Waals surface area contributed by atoms with Gasteiger partial charge in [0, 0.05) is 0 Å². The second kappa shape index (κ2) is 4.84. The van der Waals surface area contributed by atoms with Crippen LogP contribution in [0.2, 0.25) is 0 Å². The lowest BCUT2D eigenvalue weighted by molar-refractivity contribution is -0.305. The van der Waals surface area contributed by atoms with Crippen LogP contribution in [0.25, 0.3) is 0 Å². The highest BCUT2D eigenvalue weighted by molar-refractivity contribution is 6.08. The molecule has 1 aromatic carbocycles. The number of carboxylic acids is 1. The first-order valence-electron chi connectivity index (χ1n) is 5.87. The van der Waals surface area contributed by atoms with Crippen LogP contribution in [-0.2, 0) is 15.1 Å². The van der Waals surface area contributed by atoms with Crippen molar-refractivity contribution in [1.82, 2.24) is 10.2 Å². The van der Waals surface area contributed by atoms with E-state index in [1.807, 2.05) is 0 Å². The zero-order valence-electron chi connectivity index (χ0n) is 11.0. The van der Waals surface area contributed by atoms with E-state index in [0.29, 0.717) is 16.2 Å². The molecule has 1 saturated heterocycles. The van der Waals surface area contributed by atoms with Crippen LogP contribution in [0.5, 0.6) is 5.75 Å². The van der Waals surface area contributed by atoms with E-state index < -0.39 is 30.0 Å². The lowest BCUT2D eigenvalue weighted by atomic mass is 9.92. The van der Waals surface area contributed by atoms with Gasteiger partial charge in [-0.3, -0.25) is 9.69 Å². The van der Waals surface area contributed by atoms with Crippen molar-refractivity contribution < 1.29 is 24.2 Å². The number of rotatable bonds is 4. The van der Waals surface area contributed by atoms with Crippen molar-refractivity contribution in [2.45, 2.75) is 12.5 Å². The summed E-state index contributed by atoms with van der Waals surface area (Å²) in [5, 5.41) is 13.1. The molecule has 0 unspecified atom stereocenters. The summed E-state index contributed by atoms with van der Waals surface area (Å²) in [6, 6.07) is 5.83. The van der Waals surface area contributed by atoms with Crippen LogP contribution in [-0.4, -0.2) is 36.5 Å². The first-order valence-corrected chi connectivity index (χ1v) is 5.87. The molecule has 7 heteroatoms. The minimum Gasteiger partial charge on any atom is -0.548 e. The third-order valence-electron chi connectivity index (χ3n) is 3.23. The normalized spacial score (nSPS) is 21.8. The van der Waals surface area contributed by atoms with Gasteiger partial charge in [0.05, 0.1) is 19.6 Å². The molecule has 1 aromatic rings. The van der Waals surface area contributed by atoms with E-state index >= 15 is 0 Å². The largest absolute Gasteiger partial charge is 0.548 e. The van der Waals surface area contributed by atoms with Crippen LogP contribution in [0.3, 0.4) is 0 Å². The summed E-state index contributed by atoms with van der Waals surface area (Å²) in [5.41, 5.74) is -0.754. The molecule has 0 saturated carbocycles. The molecule has 20 heavy (non-hydrogen) atoms. The Kier molecular flexibility index (Phi) is 3.35. The van der Waals surface area contributed by atoms with Gasteiger partial charge >= 0.3 is 6.03 Å². The number of ether oxygens (including phenoxy) is 1. The van der Waals surface area contributed by atoms with Crippen molar-refractivity contribution in [3.63, 3.8) is 0 Å². The molecule has 1 heterocycles. The first kappa shape index (κ1) is 13.9. The standard InChI is InChI=1S/C13H14N2O5/c1-13(8-3-5-9(20-2)6-4-8)11(18)15(7-10(16)17)12(19)14-13/h3-6H,7H2,1-2H3,(H,14,19)(H,16,17)/p-1/t13-/m0/s1. The number of carbonyl (C=O) groups excluding carboxylic acids is 3. The molecule has 1 aliphatic rings. The van der Waals surface area contributed by atoms with Gasteiger partial charge in [-0.15, -0.1) is 0 Å². The Hall–Kier alpha value is -2.57. The number of benzene rings is 1. The van der Waals surface area contributed by atoms with E-state index in [9.17, 15) is 19.5 Å². The monoisotopic (exact) mass is 277 g/mol. The highest BCUT2D eigenvalue weighted by Gasteiger charge is 2.48. The maximum absolute atomic E-state index is 12.2. The number of aliphatic carboxylic acids is 1. The molecule has 1 fully saturated rings. The fraction of sp³-hybridized carbons (Fsp3) is 0.308. The SMILES string of the molecule is COc1ccc([C@]2(C)NC(=O)N(CC(=O)[O-])C2=O)cc1. The Morgan fingerprint density at radius 1 is 1.35 bits per heavy atom. The minimum atomic E-state index is -1.49. The lowest BCUT2D eigenvalue weighted by Crippen LogP contribution is -2.43. The average molecular weight is 277 g/mol. The molecule has 0 aromatic heterocycles. The molecule has 1 atom stereocenters. The predicted molar refractivity (Wildman–Crippen MR) is 65.6 cm³/mol. The minimum absolute atomic E-state index is 0.539. The Morgan fingerprint density at radius 3 is 2.45 bits per heavy atom. The van der Waals surface area contributed by atoms with Gasteiger partial charge in [0.1, 0.15) is 11.3 Å². The van der Waals surface area contributed by atoms with E-state index in [4.69, 9.17) is 4.74 Å². The van der Waals surface area contributed by atoms with Gasteiger partial charge in [-0.05, 0) is 24.6 Å². The van der Waals surface area contributed by atoms with Gasteiger partial charge in [-0.2, -0.15) is 0 Å². The molecular weight excluding hydrogens is 264 g/mol. The maximum Gasteiger partial charge on any atom is 0.325 e. The summed E-state index contributed by atoms with van der Waals surface area (Å²) < 4.78 is 5.02. The Morgan fingerprint density at radius 2 is 1.95 bits per heavy atom. The number of imide groups is 1. The van der Waals surface area contributed by atoms with Crippen molar-refractivity contribution in [3.05, 3.63) is 29.8 Å². The van der Waals surface area contributed by atoms with Gasteiger partial charge in [0.15, 0.2) is 0 Å². The number of nitrogens with zero attached hydrogens (tertiary/aromatic N) is 1. The molecular formula is C13H13N2O5-. The third-order valence-corrected chi connectivity index (χ3v) is 3.23. The van der Waals surface area contributed by atoms with Gasteiger partial charge in [-0.25, -0.2) is 4.79 Å². The predicted octanol–water partition coefficient (Wildman–Crippen LogP) is -0.788. The number of methoxy groups -OCH3 is 1. The van der Waals surface area contributed by atoms with Gasteiger partial charge in [-0.1, -0.05) is 12.1 Å². The summed E-state index contributed by atoms with van der Waals surface area (Å²) in [6.45, 7) is 0.751. The summed E-state index contributed by atoms with van der Waals surface area (Å²) in [7, 11) is 1.51. The molecule has 1 aliphatic heterocycles. The summed E-state index contributed by atoms with van der Waals surface area (Å²) in [5.74, 6) is -1.51. The summed E-state index contributed by atoms with van der Waals surface area (Å²) in [6.07, 6.45) is 0. The van der Waals surface area contributed by atoms with Gasteiger partial charge in [0.25, 0.3) is 5.91 Å². The van der Waals surface area contributed by atoms with Crippen LogP contribution in [0.1, 0.15) is 12.5 Å². The number of carboxylic acid groups (broad SMARTS) is 1. The molecule has 0 aliphatic carbocycles. The maximum atomic E-state index is 12.2. The van der Waals surface area contributed by atoms with E-state index in [1.54, 1.807) is 24.3 Å². The second-order valence-electron chi connectivity index (χ2n) is 4.55. The smallest absolute Gasteiger partial charge is 0.325 e. The first-order chi connectivity index (χ1) is 9.38.